The molecule has 2 heterocycles. The molecule has 0 spiro atoms. The number of nitrogens with one attached hydrogen (secondary N) is 3. The van der Waals surface area contributed by atoms with Crippen molar-refractivity contribution in [1.82, 2.24) is 25.5 Å². The SMILES string of the molecule is O=C(NCc1ccc(F)cc1)c1ccc2nc(-c3n[nH]c4ccccc34)[nH]c2c1. The molecule has 5 rings (SSSR count). The van der Waals surface area contributed by atoms with Crippen LogP contribution in [0.3, 0.4) is 0 Å². The summed E-state index contributed by atoms with van der Waals surface area (Å²) in [6.07, 6.45) is 0. The third kappa shape index (κ3) is 3.23. The van der Waals surface area contributed by atoms with Gasteiger partial charge < -0.3 is 10.3 Å². The molecule has 3 aromatic carbocycles. The molecule has 0 atom stereocenters. The lowest BCUT2D eigenvalue weighted by atomic mass is 10.1. The molecule has 7 heteroatoms. The van der Waals surface area contributed by atoms with E-state index >= 15 is 0 Å². The van der Waals surface area contributed by atoms with E-state index in [1.807, 2.05) is 24.3 Å². The lowest BCUT2D eigenvalue weighted by Crippen LogP contribution is -2.22. The minimum atomic E-state index is -0.301. The van der Waals surface area contributed by atoms with Crippen molar-refractivity contribution in [3.63, 3.8) is 0 Å². The molecule has 1 amide bonds. The van der Waals surface area contributed by atoms with Crippen LogP contribution in [0, 0.1) is 5.82 Å². The first-order valence-electron chi connectivity index (χ1n) is 9.13. The quantitative estimate of drug-likeness (QED) is 0.434. The van der Waals surface area contributed by atoms with Crippen LogP contribution >= 0.6 is 0 Å². The van der Waals surface area contributed by atoms with Crippen LogP contribution in [-0.4, -0.2) is 26.1 Å². The summed E-state index contributed by atoms with van der Waals surface area (Å²) in [7, 11) is 0. The van der Waals surface area contributed by atoms with E-state index in [1.165, 1.54) is 12.1 Å². The van der Waals surface area contributed by atoms with Gasteiger partial charge in [0.05, 0.1) is 16.6 Å². The first-order chi connectivity index (χ1) is 14.2. The second kappa shape index (κ2) is 6.87. The molecule has 0 fully saturated rings. The van der Waals surface area contributed by atoms with Crippen LogP contribution in [0.4, 0.5) is 4.39 Å². The first kappa shape index (κ1) is 17.1. The average Bonchev–Trinajstić information content (AvgIpc) is 3.36. The van der Waals surface area contributed by atoms with Crippen molar-refractivity contribution >= 4 is 27.8 Å². The number of para-hydroxylation sites is 1. The Labute approximate surface area is 164 Å². The van der Waals surface area contributed by atoms with Gasteiger partial charge in [-0.1, -0.05) is 30.3 Å². The van der Waals surface area contributed by atoms with Crippen molar-refractivity contribution < 1.29 is 9.18 Å². The zero-order valence-corrected chi connectivity index (χ0v) is 15.2. The summed E-state index contributed by atoms with van der Waals surface area (Å²) >= 11 is 0. The fourth-order valence-electron chi connectivity index (χ4n) is 3.29. The van der Waals surface area contributed by atoms with Crippen LogP contribution in [0.2, 0.25) is 0 Å². The number of hydrogen-bond acceptors (Lipinski definition) is 3. The standard InChI is InChI=1S/C22H16FN5O/c23-15-8-5-13(6-9-15)12-24-22(29)14-7-10-18-19(11-14)26-21(25-18)20-16-3-1-2-4-17(16)27-28-20/h1-11H,12H2,(H,24,29)(H,25,26)(H,27,28). The van der Waals surface area contributed by atoms with Gasteiger partial charge in [0.25, 0.3) is 5.91 Å². The number of amides is 1. The summed E-state index contributed by atoms with van der Waals surface area (Å²) in [6.45, 7) is 0.324. The topological polar surface area (TPSA) is 86.5 Å². The zero-order chi connectivity index (χ0) is 19.8. The molecule has 5 aromatic rings. The highest BCUT2D eigenvalue weighted by Crippen LogP contribution is 2.26. The number of H-pyrrole nitrogens is 2. The van der Waals surface area contributed by atoms with Crippen LogP contribution in [0.1, 0.15) is 15.9 Å². The minimum Gasteiger partial charge on any atom is -0.348 e. The highest BCUT2D eigenvalue weighted by Gasteiger charge is 2.14. The predicted molar refractivity (Wildman–Crippen MR) is 109 cm³/mol. The maximum absolute atomic E-state index is 13.0. The molecule has 0 aliphatic heterocycles. The first-order valence-corrected chi connectivity index (χ1v) is 9.13. The Bertz CT molecular complexity index is 1340. The van der Waals surface area contributed by atoms with Crippen molar-refractivity contribution in [2.24, 2.45) is 0 Å². The van der Waals surface area contributed by atoms with Gasteiger partial charge in [-0.05, 0) is 42.0 Å². The van der Waals surface area contributed by atoms with Crippen LogP contribution < -0.4 is 5.32 Å². The lowest BCUT2D eigenvalue weighted by molar-refractivity contribution is 0.0951. The van der Waals surface area contributed by atoms with Crippen LogP contribution in [0.15, 0.2) is 66.7 Å². The fourth-order valence-corrected chi connectivity index (χ4v) is 3.29. The molecule has 2 aromatic heterocycles. The van der Waals surface area contributed by atoms with Crippen molar-refractivity contribution in [2.75, 3.05) is 0 Å². The summed E-state index contributed by atoms with van der Waals surface area (Å²) in [5, 5.41) is 11.2. The second-order valence-electron chi connectivity index (χ2n) is 6.74. The van der Waals surface area contributed by atoms with Crippen LogP contribution in [0.25, 0.3) is 33.5 Å². The Balaban J connectivity index is 1.40. The third-order valence-corrected chi connectivity index (χ3v) is 4.81. The van der Waals surface area contributed by atoms with Crippen LogP contribution in [0.5, 0.6) is 0 Å². The summed E-state index contributed by atoms with van der Waals surface area (Å²) in [4.78, 5) is 20.4. The molecule has 0 aliphatic rings. The molecule has 142 valence electrons. The lowest BCUT2D eigenvalue weighted by Gasteiger charge is -2.05. The number of nitrogens with zero attached hydrogens (tertiary/aromatic N) is 2. The van der Waals surface area contributed by atoms with Gasteiger partial charge in [-0.15, -0.1) is 0 Å². The van der Waals surface area contributed by atoms with Gasteiger partial charge in [-0.2, -0.15) is 5.10 Å². The summed E-state index contributed by atoms with van der Waals surface area (Å²) < 4.78 is 13.0. The fraction of sp³-hybridized carbons (Fsp3) is 0.0455. The molecule has 0 bridgehead atoms. The maximum Gasteiger partial charge on any atom is 0.251 e. The van der Waals surface area contributed by atoms with E-state index in [1.54, 1.807) is 30.3 Å². The Morgan fingerprint density at radius 3 is 2.69 bits per heavy atom. The van der Waals surface area contributed by atoms with E-state index < -0.39 is 0 Å². The monoisotopic (exact) mass is 385 g/mol. The molecular formula is C22H16FN5O. The molecule has 3 N–H and O–H groups in total. The number of carbonyl (C=O) groups excluding carboxylic acids is 1. The number of carbonyl (C=O) groups is 1. The molecule has 6 nitrogen and oxygen atoms in total. The highest BCUT2D eigenvalue weighted by molar-refractivity contribution is 5.98. The number of rotatable bonds is 4. The van der Waals surface area contributed by atoms with Gasteiger partial charge in [-0.3, -0.25) is 9.89 Å². The van der Waals surface area contributed by atoms with E-state index in [9.17, 15) is 9.18 Å². The number of halogens is 1. The molecular weight excluding hydrogens is 369 g/mol. The number of hydrogen-bond donors (Lipinski definition) is 3. The smallest absolute Gasteiger partial charge is 0.251 e. The summed E-state index contributed by atoms with van der Waals surface area (Å²) in [6, 6.07) is 19.2. The highest BCUT2D eigenvalue weighted by atomic mass is 19.1. The van der Waals surface area contributed by atoms with Gasteiger partial charge >= 0.3 is 0 Å². The Hall–Kier alpha value is -4.00. The van der Waals surface area contributed by atoms with Crippen molar-refractivity contribution in [3.8, 4) is 11.5 Å². The largest absolute Gasteiger partial charge is 0.348 e. The molecule has 29 heavy (non-hydrogen) atoms. The zero-order valence-electron chi connectivity index (χ0n) is 15.2. The van der Waals surface area contributed by atoms with E-state index in [0.717, 1.165) is 33.2 Å². The van der Waals surface area contributed by atoms with Crippen molar-refractivity contribution in [3.05, 3.63) is 83.7 Å². The summed E-state index contributed by atoms with van der Waals surface area (Å²) in [5.74, 6) is 0.129. The van der Waals surface area contributed by atoms with Crippen LogP contribution in [-0.2, 0) is 6.54 Å². The second-order valence-corrected chi connectivity index (χ2v) is 6.74. The van der Waals surface area contributed by atoms with E-state index in [4.69, 9.17) is 0 Å². The Morgan fingerprint density at radius 2 is 1.83 bits per heavy atom. The maximum atomic E-state index is 13.0. The van der Waals surface area contributed by atoms with Gasteiger partial charge in [0.2, 0.25) is 0 Å². The van der Waals surface area contributed by atoms with Gasteiger partial charge in [0, 0.05) is 17.5 Å². The molecule has 0 saturated carbocycles. The van der Waals surface area contributed by atoms with Crippen molar-refractivity contribution in [1.29, 1.82) is 0 Å². The molecule has 0 unspecified atom stereocenters. The summed E-state index contributed by atoms with van der Waals surface area (Å²) in [5.41, 5.74) is 4.52. The molecule has 0 aliphatic carbocycles. The number of imidazole rings is 1. The molecule has 0 radical (unpaired) electrons. The Kier molecular flexibility index (Phi) is 4.05. The average molecular weight is 385 g/mol. The Morgan fingerprint density at radius 1 is 1.00 bits per heavy atom. The van der Waals surface area contributed by atoms with Gasteiger partial charge in [0.15, 0.2) is 5.82 Å². The van der Waals surface area contributed by atoms with E-state index in [-0.39, 0.29) is 11.7 Å². The molecule has 0 saturated heterocycles. The van der Waals surface area contributed by atoms with Gasteiger partial charge in [-0.25, -0.2) is 9.37 Å². The normalized spacial score (nSPS) is 11.2. The number of fused-ring (bicyclic) bond motifs is 2. The van der Waals surface area contributed by atoms with Gasteiger partial charge in [0.1, 0.15) is 11.5 Å². The number of aromatic amines is 2. The van der Waals surface area contributed by atoms with Crippen molar-refractivity contribution in [2.45, 2.75) is 6.54 Å². The van der Waals surface area contributed by atoms with E-state index in [2.05, 4.69) is 25.5 Å². The third-order valence-electron chi connectivity index (χ3n) is 4.81. The minimum absolute atomic E-state index is 0.211. The predicted octanol–water partition coefficient (Wildman–Crippen LogP) is 4.18. The van der Waals surface area contributed by atoms with E-state index in [0.29, 0.717) is 17.9 Å². The number of benzene rings is 3. The number of aromatic nitrogens is 4.